The highest BCUT2D eigenvalue weighted by Crippen LogP contribution is 2.12. The minimum absolute atomic E-state index is 0.215. The maximum absolute atomic E-state index is 13.5. The minimum atomic E-state index is -0.305. The Balaban J connectivity index is 1.98. The van der Waals surface area contributed by atoms with E-state index < -0.39 is 0 Å². The normalized spacial score (nSPS) is 11.1. The molecule has 0 aliphatic carbocycles. The molecule has 0 saturated carbocycles. The van der Waals surface area contributed by atoms with Gasteiger partial charge in [-0.15, -0.1) is 0 Å². The maximum atomic E-state index is 13.5. The quantitative estimate of drug-likeness (QED) is 0.910. The number of nitrogens with one attached hydrogen (secondary N) is 2. The molecule has 1 aromatic heterocycles. The molecule has 2 rings (SSSR count). The van der Waals surface area contributed by atoms with E-state index in [1.54, 1.807) is 36.5 Å². The van der Waals surface area contributed by atoms with Crippen LogP contribution < -0.4 is 10.6 Å². The zero-order valence-electron chi connectivity index (χ0n) is 13.0. The number of halogens is 1. The summed E-state index contributed by atoms with van der Waals surface area (Å²) in [6, 6.07) is 9.99. The molecule has 0 saturated heterocycles. The van der Waals surface area contributed by atoms with Gasteiger partial charge in [0.2, 0.25) is 0 Å². The number of carbonyl (C=O) groups excluding carboxylic acids is 1. The van der Waals surface area contributed by atoms with Gasteiger partial charge in [-0.2, -0.15) is 0 Å². The SMILES string of the molecule is CC(C)(C)NC(=O)c1ccc(NCc2ccccc2F)cn1. The van der Waals surface area contributed by atoms with Gasteiger partial charge < -0.3 is 10.6 Å². The molecule has 0 aliphatic rings. The number of pyridine rings is 1. The van der Waals surface area contributed by atoms with Crippen molar-refractivity contribution < 1.29 is 9.18 Å². The first-order valence-corrected chi connectivity index (χ1v) is 7.11. The van der Waals surface area contributed by atoms with Crippen LogP contribution >= 0.6 is 0 Å². The molecule has 0 radical (unpaired) electrons. The first kappa shape index (κ1) is 15.9. The van der Waals surface area contributed by atoms with Crippen LogP contribution in [0.25, 0.3) is 0 Å². The van der Waals surface area contributed by atoms with Gasteiger partial charge in [-0.05, 0) is 39.0 Å². The number of aromatic nitrogens is 1. The van der Waals surface area contributed by atoms with E-state index in [0.29, 0.717) is 17.8 Å². The molecular weight excluding hydrogens is 281 g/mol. The van der Waals surface area contributed by atoms with Gasteiger partial charge in [-0.1, -0.05) is 18.2 Å². The lowest BCUT2D eigenvalue weighted by atomic mass is 10.1. The molecule has 0 aliphatic heterocycles. The second-order valence-corrected chi connectivity index (χ2v) is 6.08. The van der Waals surface area contributed by atoms with Crippen LogP contribution in [0.4, 0.5) is 10.1 Å². The summed E-state index contributed by atoms with van der Waals surface area (Å²) in [5.41, 5.74) is 1.36. The number of benzene rings is 1. The maximum Gasteiger partial charge on any atom is 0.270 e. The van der Waals surface area contributed by atoms with Gasteiger partial charge in [0.1, 0.15) is 11.5 Å². The number of amides is 1. The fourth-order valence-corrected chi connectivity index (χ4v) is 1.88. The molecule has 1 amide bonds. The van der Waals surface area contributed by atoms with Crippen LogP contribution in [0.1, 0.15) is 36.8 Å². The van der Waals surface area contributed by atoms with Crippen molar-refractivity contribution in [1.29, 1.82) is 0 Å². The van der Waals surface area contributed by atoms with E-state index in [4.69, 9.17) is 0 Å². The molecule has 4 nitrogen and oxygen atoms in total. The third kappa shape index (κ3) is 4.55. The number of carbonyl (C=O) groups is 1. The summed E-state index contributed by atoms with van der Waals surface area (Å²) in [7, 11) is 0. The second-order valence-electron chi connectivity index (χ2n) is 6.08. The molecule has 1 heterocycles. The first-order chi connectivity index (χ1) is 10.3. The van der Waals surface area contributed by atoms with Gasteiger partial charge in [-0.25, -0.2) is 9.37 Å². The lowest BCUT2D eigenvalue weighted by Crippen LogP contribution is -2.40. The van der Waals surface area contributed by atoms with E-state index in [1.807, 2.05) is 20.8 Å². The molecule has 116 valence electrons. The number of nitrogens with zero attached hydrogens (tertiary/aromatic N) is 1. The summed E-state index contributed by atoms with van der Waals surface area (Å²) in [6.07, 6.45) is 1.57. The third-order valence-electron chi connectivity index (χ3n) is 2.93. The van der Waals surface area contributed by atoms with Crippen LogP contribution in [0.3, 0.4) is 0 Å². The van der Waals surface area contributed by atoms with Crippen molar-refractivity contribution >= 4 is 11.6 Å². The fraction of sp³-hybridized carbons (Fsp3) is 0.294. The van der Waals surface area contributed by atoms with Gasteiger partial charge in [0.05, 0.1) is 11.9 Å². The Hall–Kier alpha value is -2.43. The molecule has 0 unspecified atom stereocenters. The average Bonchev–Trinajstić information content (AvgIpc) is 2.45. The molecule has 2 aromatic rings. The van der Waals surface area contributed by atoms with Crippen molar-refractivity contribution in [3.05, 3.63) is 59.7 Å². The standard InChI is InChI=1S/C17H20FN3O/c1-17(2,3)21-16(22)15-9-8-13(11-20-15)19-10-12-6-4-5-7-14(12)18/h4-9,11,19H,10H2,1-3H3,(H,21,22). The number of anilines is 1. The Bertz CT molecular complexity index is 648. The first-order valence-electron chi connectivity index (χ1n) is 7.11. The van der Waals surface area contributed by atoms with Crippen molar-refractivity contribution in [1.82, 2.24) is 10.3 Å². The molecular formula is C17H20FN3O. The van der Waals surface area contributed by atoms with Crippen LogP contribution in [-0.2, 0) is 6.54 Å². The van der Waals surface area contributed by atoms with Crippen molar-refractivity contribution in [2.75, 3.05) is 5.32 Å². The molecule has 5 heteroatoms. The van der Waals surface area contributed by atoms with Crippen molar-refractivity contribution in [2.24, 2.45) is 0 Å². The van der Waals surface area contributed by atoms with Crippen molar-refractivity contribution in [3.63, 3.8) is 0 Å². The number of hydrogen-bond acceptors (Lipinski definition) is 3. The summed E-state index contributed by atoms with van der Waals surface area (Å²) >= 11 is 0. The van der Waals surface area contributed by atoms with Gasteiger partial charge in [0.25, 0.3) is 5.91 Å². The Morgan fingerprint density at radius 3 is 2.50 bits per heavy atom. The van der Waals surface area contributed by atoms with E-state index in [2.05, 4.69) is 15.6 Å². The monoisotopic (exact) mass is 301 g/mol. The van der Waals surface area contributed by atoms with Crippen LogP contribution in [0.5, 0.6) is 0 Å². The summed E-state index contributed by atoms with van der Waals surface area (Å²) in [5.74, 6) is -0.461. The van der Waals surface area contributed by atoms with Gasteiger partial charge in [0, 0.05) is 17.6 Å². The van der Waals surface area contributed by atoms with E-state index in [9.17, 15) is 9.18 Å². The summed E-state index contributed by atoms with van der Waals surface area (Å²) in [5, 5.41) is 5.93. The number of hydrogen-bond donors (Lipinski definition) is 2. The molecule has 22 heavy (non-hydrogen) atoms. The van der Waals surface area contributed by atoms with Crippen LogP contribution in [-0.4, -0.2) is 16.4 Å². The molecule has 0 atom stereocenters. The lowest BCUT2D eigenvalue weighted by Gasteiger charge is -2.20. The zero-order valence-corrected chi connectivity index (χ0v) is 13.0. The molecule has 0 bridgehead atoms. The van der Waals surface area contributed by atoms with Crippen molar-refractivity contribution in [3.8, 4) is 0 Å². The fourth-order valence-electron chi connectivity index (χ4n) is 1.88. The summed E-state index contributed by atoms with van der Waals surface area (Å²) in [6.45, 7) is 6.10. The molecule has 1 aromatic carbocycles. The number of rotatable bonds is 4. The van der Waals surface area contributed by atoms with Crippen LogP contribution in [0.15, 0.2) is 42.6 Å². The highest BCUT2D eigenvalue weighted by Gasteiger charge is 2.15. The molecule has 0 fully saturated rings. The second kappa shape index (κ2) is 6.56. The smallest absolute Gasteiger partial charge is 0.270 e. The highest BCUT2D eigenvalue weighted by molar-refractivity contribution is 5.92. The topological polar surface area (TPSA) is 54.0 Å². The van der Waals surface area contributed by atoms with E-state index >= 15 is 0 Å². The van der Waals surface area contributed by atoms with Gasteiger partial charge in [0.15, 0.2) is 0 Å². The Morgan fingerprint density at radius 2 is 1.91 bits per heavy atom. The van der Waals surface area contributed by atoms with Crippen LogP contribution in [0, 0.1) is 5.82 Å². The van der Waals surface area contributed by atoms with Gasteiger partial charge in [-0.3, -0.25) is 4.79 Å². The molecule has 2 N–H and O–H groups in total. The Kier molecular flexibility index (Phi) is 4.75. The van der Waals surface area contributed by atoms with E-state index in [-0.39, 0.29) is 17.3 Å². The highest BCUT2D eigenvalue weighted by atomic mass is 19.1. The lowest BCUT2D eigenvalue weighted by molar-refractivity contribution is 0.0914. The van der Waals surface area contributed by atoms with Gasteiger partial charge >= 0.3 is 0 Å². The average molecular weight is 301 g/mol. The minimum Gasteiger partial charge on any atom is -0.380 e. The third-order valence-corrected chi connectivity index (χ3v) is 2.93. The van der Waals surface area contributed by atoms with Crippen molar-refractivity contribution in [2.45, 2.75) is 32.9 Å². The Morgan fingerprint density at radius 1 is 1.18 bits per heavy atom. The summed E-state index contributed by atoms with van der Waals surface area (Å²) in [4.78, 5) is 16.1. The zero-order chi connectivity index (χ0) is 16.2. The largest absolute Gasteiger partial charge is 0.380 e. The summed E-state index contributed by atoms with van der Waals surface area (Å²) < 4.78 is 13.5. The molecule has 0 spiro atoms. The van der Waals surface area contributed by atoms with Crippen LogP contribution in [0.2, 0.25) is 0 Å². The Labute approximate surface area is 129 Å². The predicted octanol–water partition coefficient (Wildman–Crippen LogP) is 3.36. The predicted molar refractivity (Wildman–Crippen MR) is 85.2 cm³/mol. The van der Waals surface area contributed by atoms with E-state index in [0.717, 1.165) is 5.69 Å². The van der Waals surface area contributed by atoms with E-state index in [1.165, 1.54) is 6.07 Å².